The zero-order chi connectivity index (χ0) is 21.4. The van der Waals surface area contributed by atoms with E-state index in [1.54, 1.807) is 6.20 Å². The highest BCUT2D eigenvalue weighted by atomic mass is 35.5. The molecule has 0 atom stereocenters. The first-order chi connectivity index (χ1) is 14.4. The highest BCUT2D eigenvalue weighted by Crippen LogP contribution is 2.31. The van der Waals surface area contributed by atoms with Gasteiger partial charge < -0.3 is 9.55 Å². The summed E-state index contributed by atoms with van der Waals surface area (Å²) >= 11 is 6.22. The number of nitrogens with one attached hydrogen (secondary N) is 1. The zero-order valence-corrected chi connectivity index (χ0v) is 16.9. The van der Waals surface area contributed by atoms with Crippen LogP contribution in [0.25, 0.3) is 33.7 Å². The number of nitrogens with zero attached hydrogens (tertiary/aromatic N) is 4. The number of hydrogen-bond donors (Lipinski definition) is 1. The number of fused-ring (bicyclic) bond motifs is 1. The van der Waals surface area contributed by atoms with Crippen LogP contribution < -0.4 is 11.0 Å². The molecule has 0 aliphatic carbocycles. The lowest BCUT2D eigenvalue weighted by Gasteiger charge is -2.15. The molecule has 0 bridgehead atoms. The average Bonchev–Trinajstić information content (AvgIpc) is 2.75. The van der Waals surface area contributed by atoms with Gasteiger partial charge in [0, 0.05) is 29.6 Å². The van der Waals surface area contributed by atoms with E-state index in [1.807, 2.05) is 50.2 Å². The van der Waals surface area contributed by atoms with Gasteiger partial charge in [0.2, 0.25) is 5.43 Å². The van der Waals surface area contributed by atoms with Crippen molar-refractivity contribution < 1.29 is 0 Å². The monoisotopic (exact) mass is 417 g/mol. The molecule has 1 aromatic carbocycles. The normalized spacial score (nSPS) is 11.0. The van der Waals surface area contributed by atoms with Crippen molar-refractivity contribution in [1.29, 1.82) is 5.26 Å². The van der Waals surface area contributed by atoms with Gasteiger partial charge in [0.1, 0.15) is 16.7 Å². The summed E-state index contributed by atoms with van der Waals surface area (Å²) in [5.74, 6) is 0. The van der Waals surface area contributed by atoms with E-state index in [1.165, 1.54) is 16.8 Å². The topological polar surface area (TPSA) is 104 Å². The predicted octanol–water partition coefficient (Wildman–Crippen LogP) is 3.92. The summed E-state index contributed by atoms with van der Waals surface area (Å²) in [5.41, 5.74) is 1.68. The molecule has 0 amide bonds. The van der Waals surface area contributed by atoms with Crippen molar-refractivity contribution >= 4 is 22.8 Å². The maximum absolute atomic E-state index is 12.7. The molecule has 0 aliphatic heterocycles. The molecular formula is C22H16ClN5O2. The molecule has 0 saturated carbocycles. The third kappa shape index (κ3) is 3.27. The highest BCUT2D eigenvalue weighted by Gasteiger charge is 2.18. The van der Waals surface area contributed by atoms with Crippen molar-refractivity contribution in [2.75, 3.05) is 0 Å². The first-order valence-electron chi connectivity index (χ1n) is 9.21. The number of halogens is 1. The summed E-state index contributed by atoms with van der Waals surface area (Å²) in [4.78, 5) is 37.1. The van der Waals surface area contributed by atoms with Crippen molar-refractivity contribution in [3.05, 3.63) is 80.0 Å². The maximum atomic E-state index is 12.7. The molecule has 0 spiro atoms. The van der Waals surface area contributed by atoms with E-state index < -0.39 is 5.43 Å². The predicted molar refractivity (Wildman–Crippen MR) is 115 cm³/mol. The lowest BCUT2D eigenvalue weighted by Crippen LogP contribution is -2.22. The van der Waals surface area contributed by atoms with Crippen LogP contribution in [0.2, 0.25) is 5.02 Å². The molecule has 148 valence electrons. The van der Waals surface area contributed by atoms with Crippen molar-refractivity contribution in [2.45, 2.75) is 19.9 Å². The van der Waals surface area contributed by atoms with E-state index in [4.69, 9.17) is 11.6 Å². The highest BCUT2D eigenvalue weighted by molar-refractivity contribution is 6.30. The van der Waals surface area contributed by atoms with Gasteiger partial charge in [-0.05, 0) is 19.9 Å². The summed E-state index contributed by atoms with van der Waals surface area (Å²) in [6, 6.07) is 12.6. The van der Waals surface area contributed by atoms with E-state index in [-0.39, 0.29) is 33.4 Å². The second kappa shape index (κ2) is 7.58. The first kappa shape index (κ1) is 19.6. The molecule has 7 nitrogen and oxygen atoms in total. The Balaban J connectivity index is 2.12. The third-order valence-electron chi connectivity index (χ3n) is 4.71. The Morgan fingerprint density at radius 3 is 2.47 bits per heavy atom. The zero-order valence-electron chi connectivity index (χ0n) is 16.2. The lowest BCUT2D eigenvalue weighted by atomic mass is 10.0. The average molecular weight is 418 g/mol. The van der Waals surface area contributed by atoms with E-state index in [0.717, 1.165) is 5.56 Å². The second-order valence-corrected chi connectivity index (χ2v) is 7.42. The number of H-pyrrole nitrogens is 1. The summed E-state index contributed by atoms with van der Waals surface area (Å²) in [6.07, 6.45) is 2.98. The fourth-order valence-corrected chi connectivity index (χ4v) is 3.41. The summed E-state index contributed by atoms with van der Waals surface area (Å²) in [7, 11) is 0. The molecule has 1 N–H and O–H groups in total. The van der Waals surface area contributed by atoms with Crippen LogP contribution in [0.4, 0.5) is 0 Å². The van der Waals surface area contributed by atoms with Gasteiger partial charge in [-0.25, -0.2) is 9.97 Å². The Hall–Kier alpha value is -3.76. The summed E-state index contributed by atoms with van der Waals surface area (Å²) in [5, 5.41) is 9.23. The van der Waals surface area contributed by atoms with Crippen molar-refractivity contribution in [1.82, 2.24) is 19.5 Å². The Bertz CT molecular complexity index is 1430. The van der Waals surface area contributed by atoms with E-state index in [2.05, 4.69) is 15.0 Å². The van der Waals surface area contributed by atoms with Gasteiger partial charge in [-0.15, -0.1) is 0 Å². The largest absolute Gasteiger partial charge is 0.343 e. The van der Waals surface area contributed by atoms with Gasteiger partial charge in [0.05, 0.1) is 11.4 Å². The standard InChI is InChI=1S/C22H16ClN5O2/c1-12(2)28-11-14(8-16(23)22(28)30)18-17(13-6-4-3-5-7-13)27-21-19(26-18)20(29)15(9-24)10-25-21/h3-8,10-12H,1-2H3,(H,25,27,29). The van der Waals surface area contributed by atoms with Crippen LogP contribution in [0.1, 0.15) is 25.5 Å². The number of aromatic amines is 1. The van der Waals surface area contributed by atoms with Gasteiger partial charge >= 0.3 is 0 Å². The van der Waals surface area contributed by atoms with Crippen LogP contribution in [0.3, 0.4) is 0 Å². The smallest absolute Gasteiger partial charge is 0.269 e. The number of nitriles is 1. The molecule has 3 aromatic heterocycles. The number of hydrogen-bond acceptors (Lipinski definition) is 5. The van der Waals surface area contributed by atoms with E-state index in [0.29, 0.717) is 17.0 Å². The van der Waals surface area contributed by atoms with Crippen molar-refractivity contribution in [3.63, 3.8) is 0 Å². The molecule has 0 fully saturated rings. The minimum absolute atomic E-state index is 0.0433. The van der Waals surface area contributed by atoms with Crippen LogP contribution in [-0.2, 0) is 0 Å². The molecular weight excluding hydrogens is 402 g/mol. The molecule has 0 radical (unpaired) electrons. The molecule has 4 aromatic rings. The molecule has 0 aliphatic rings. The second-order valence-electron chi connectivity index (χ2n) is 7.01. The minimum Gasteiger partial charge on any atom is -0.343 e. The molecule has 3 heterocycles. The molecule has 8 heteroatoms. The summed E-state index contributed by atoms with van der Waals surface area (Å²) in [6.45, 7) is 3.74. The fraction of sp³-hybridized carbons (Fsp3) is 0.136. The Kier molecular flexibility index (Phi) is 4.94. The minimum atomic E-state index is -0.511. The van der Waals surface area contributed by atoms with Gasteiger partial charge in [0.25, 0.3) is 5.56 Å². The maximum Gasteiger partial charge on any atom is 0.269 e. The van der Waals surface area contributed by atoms with Crippen LogP contribution in [-0.4, -0.2) is 19.5 Å². The van der Waals surface area contributed by atoms with Crippen LogP contribution in [0.15, 0.2) is 58.4 Å². The lowest BCUT2D eigenvalue weighted by molar-refractivity contribution is 0.579. The number of benzene rings is 1. The molecule has 0 unspecified atom stereocenters. The van der Waals surface area contributed by atoms with E-state index in [9.17, 15) is 14.9 Å². The molecule has 0 saturated heterocycles. The Morgan fingerprint density at radius 2 is 1.80 bits per heavy atom. The number of aromatic nitrogens is 4. The van der Waals surface area contributed by atoms with Gasteiger partial charge in [-0.1, -0.05) is 41.9 Å². The Labute approximate surface area is 176 Å². The van der Waals surface area contributed by atoms with Crippen LogP contribution >= 0.6 is 11.6 Å². The Morgan fingerprint density at radius 1 is 1.10 bits per heavy atom. The quantitative estimate of drug-likeness (QED) is 0.544. The first-order valence-corrected chi connectivity index (χ1v) is 9.59. The van der Waals surface area contributed by atoms with Gasteiger partial charge in [-0.3, -0.25) is 9.59 Å². The molecule has 4 rings (SSSR count). The SMILES string of the molecule is CC(C)n1cc(-c2nc3c(=O)c(C#N)c[nH]c3nc2-c2ccccc2)cc(Cl)c1=O. The fourth-order valence-electron chi connectivity index (χ4n) is 3.19. The summed E-state index contributed by atoms with van der Waals surface area (Å²) < 4.78 is 1.51. The third-order valence-corrected chi connectivity index (χ3v) is 4.98. The number of pyridine rings is 2. The van der Waals surface area contributed by atoms with Crippen LogP contribution in [0.5, 0.6) is 0 Å². The van der Waals surface area contributed by atoms with Gasteiger partial charge in [-0.2, -0.15) is 5.26 Å². The van der Waals surface area contributed by atoms with Crippen molar-refractivity contribution in [3.8, 4) is 28.6 Å². The van der Waals surface area contributed by atoms with Crippen molar-refractivity contribution in [2.24, 2.45) is 0 Å². The molecule has 30 heavy (non-hydrogen) atoms. The van der Waals surface area contributed by atoms with Gasteiger partial charge in [0.15, 0.2) is 11.2 Å². The van der Waals surface area contributed by atoms with E-state index >= 15 is 0 Å². The van der Waals surface area contributed by atoms with Crippen LogP contribution in [0, 0.1) is 11.3 Å². The number of rotatable bonds is 3.